The fourth-order valence-electron chi connectivity index (χ4n) is 7.34. The molecule has 5 rings (SSSR count). The molecule has 0 aromatic heterocycles. The van der Waals surface area contributed by atoms with E-state index in [1.54, 1.807) is 50.2 Å². The normalized spacial score (nSPS) is 19.3. The number of phosphoric ester groups is 1. The van der Waals surface area contributed by atoms with Crippen LogP contribution in [0.4, 0.5) is 0 Å². The number of likely N-dealkylation sites (N-methyl/N-ethyl adjacent to an activating group) is 1. The first-order valence-electron chi connectivity index (χ1n) is 19.1. The molecule has 322 valence electrons. The van der Waals surface area contributed by atoms with Gasteiger partial charge in [-0.25, -0.2) is 4.79 Å². The van der Waals surface area contributed by atoms with E-state index in [-0.39, 0.29) is 55.5 Å². The number of alkyl halides is 1. The highest BCUT2D eigenvalue weighted by molar-refractivity contribution is 9.10. The largest absolute Gasteiger partial charge is 0.756 e. The zero-order valence-electron chi connectivity index (χ0n) is 34.5. The molecule has 0 saturated carbocycles. The average molecular weight is 915 g/mol. The van der Waals surface area contributed by atoms with Crippen molar-refractivity contribution in [3.8, 4) is 35.3 Å². The molecule has 1 spiro atoms. The number of rotatable bonds is 18. The molecule has 2 aliphatic rings. The van der Waals surface area contributed by atoms with Crippen molar-refractivity contribution in [1.82, 2.24) is 0 Å². The summed E-state index contributed by atoms with van der Waals surface area (Å²) in [7, 11) is 0.969. The lowest BCUT2D eigenvalue weighted by molar-refractivity contribution is -0.870. The first kappa shape index (κ1) is 46.3. The van der Waals surface area contributed by atoms with Gasteiger partial charge in [0.1, 0.15) is 47.1 Å². The highest BCUT2D eigenvalue weighted by Gasteiger charge is 2.54. The molecular weight excluding hydrogens is 865 g/mol. The Balaban J connectivity index is 1.33. The van der Waals surface area contributed by atoms with Crippen molar-refractivity contribution in [2.24, 2.45) is 10.8 Å². The number of ether oxygens (including phenoxy) is 5. The highest BCUT2D eigenvalue weighted by Crippen LogP contribution is 2.57. The molecule has 0 fully saturated rings. The number of phenolic OH excluding ortho intramolecular Hbond substituents is 1. The first-order valence-corrected chi connectivity index (χ1v) is 21.3. The van der Waals surface area contributed by atoms with Crippen molar-refractivity contribution in [2.75, 3.05) is 54.1 Å². The van der Waals surface area contributed by atoms with Crippen LogP contribution in [-0.2, 0) is 47.8 Å². The predicted octanol–water partition coefficient (Wildman–Crippen LogP) is 6.15. The van der Waals surface area contributed by atoms with E-state index in [2.05, 4.69) is 21.9 Å². The van der Waals surface area contributed by atoms with Crippen LogP contribution in [0, 0.1) is 23.2 Å². The molecule has 0 bridgehead atoms. The van der Waals surface area contributed by atoms with Gasteiger partial charge in [0.25, 0.3) is 7.82 Å². The molecule has 3 aromatic carbocycles. The zero-order chi connectivity index (χ0) is 44.3. The van der Waals surface area contributed by atoms with Gasteiger partial charge in [-0.15, -0.1) is 6.42 Å². The second-order valence-electron chi connectivity index (χ2n) is 16.5. The molecule has 17 heteroatoms. The van der Waals surface area contributed by atoms with Gasteiger partial charge in [-0.2, -0.15) is 0 Å². The Bertz CT molecular complexity index is 2250. The molecule has 2 heterocycles. The molecule has 1 N–H and O–H groups in total. The zero-order valence-corrected chi connectivity index (χ0v) is 37.0. The lowest BCUT2D eigenvalue weighted by Gasteiger charge is -2.39. The van der Waals surface area contributed by atoms with Crippen LogP contribution >= 0.6 is 23.8 Å². The summed E-state index contributed by atoms with van der Waals surface area (Å²) in [6.07, 6.45) is 5.14. The van der Waals surface area contributed by atoms with Crippen molar-refractivity contribution < 1.29 is 71.0 Å². The molecule has 3 aromatic rings. The fourth-order valence-corrected chi connectivity index (χ4v) is 8.72. The van der Waals surface area contributed by atoms with Gasteiger partial charge < -0.3 is 47.2 Å². The van der Waals surface area contributed by atoms with Crippen LogP contribution < -0.4 is 14.4 Å². The van der Waals surface area contributed by atoms with Crippen molar-refractivity contribution in [3.63, 3.8) is 0 Å². The quantitative estimate of drug-likeness (QED) is 0.0223. The van der Waals surface area contributed by atoms with Crippen molar-refractivity contribution in [1.29, 1.82) is 0 Å². The molecule has 15 nitrogen and oxygen atoms in total. The molecule has 0 radical (unpaired) electrons. The Kier molecular flexibility index (Phi) is 13.7. The summed E-state index contributed by atoms with van der Waals surface area (Å²) in [5.41, 5.74) is -2.43. The van der Waals surface area contributed by atoms with E-state index in [1.165, 1.54) is 38.1 Å². The predicted molar refractivity (Wildman–Crippen MR) is 218 cm³/mol. The maximum atomic E-state index is 14.0. The van der Waals surface area contributed by atoms with Crippen LogP contribution in [0.2, 0.25) is 0 Å². The van der Waals surface area contributed by atoms with Crippen LogP contribution in [0.1, 0.15) is 74.0 Å². The minimum Gasteiger partial charge on any atom is -0.756 e. The summed E-state index contributed by atoms with van der Waals surface area (Å²) in [5, 5.41) is 10.3. The summed E-state index contributed by atoms with van der Waals surface area (Å²) in [6, 6.07) is 16.0. The van der Waals surface area contributed by atoms with E-state index in [0.29, 0.717) is 33.3 Å². The van der Waals surface area contributed by atoms with Crippen molar-refractivity contribution >= 4 is 47.6 Å². The molecule has 2 aliphatic heterocycles. The summed E-state index contributed by atoms with van der Waals surface area (Å²) in [6.45, 7) is 5.36. The number of fused-ring (bicyclic) bond motifs is 6. The number of carbonyl (C=O) groups excluding carboxylic acids is 4. The fraction of sp³-hybridized carbons (Fsp3) is 0.442. The van der Waals surface area contributed by atoms with Gasteiger partial charge in [0.15, 0.2) is 12.2 Å². The summed E-state index contributed by atoms with van der Waals surface area (Å²) >= 11 is 3.48. The van der Waals surface area contributed by atoms with Gasteiger partial charge in [0.05, 0.1) is 44.1 Å². The van der Waals surface area contributed by atoms with E-state index < -0.39 is 65.7 Å². The van der Waals surface area contributed by atoms with Crippen molar-refractivity contribution in [2.45, 2.75) is 56.9 Å². The maximum absolute atomic E-state index is 14.0. The van der Waals surface area contributed by atoms with E-state index in [4.69, 9.17) is 39.2 Å². The van der Waals surface area contributed by atoms with Crippen molar-refractivity contribution in [3.05, 3.63) is 82.9 Å². The number of carbonyl (C=O) groups is 4. The third-order valence-corrected chi connectivity index (χ3v) is 12.0. The molecular formula is C43H49BrNO14P. The number of phenols is 1. The first-order chi connectivity index (χ1) is 28.0. The van der Waals surface area contributed by atoms with Crippen LogP contribution in [0.25, 0.3) is 0 Å². The molecule has 0 saturated heterocycles. The van der Waals surface area contributed by atoms with Gasteiger partial charge in [-0.3, -0.25) is 18.9 Å². The van der Waals surface area contributed by atoms with Gasteiger partial charge in [0, 0.05) is 28.8 Å². The number of phosphoric acid groups is 1. The Hall–Kier alpha value is -4.75. The number of aromatic hydroxyl groups is 1. The second kappa shape index (κ2) is 17.7. The Morgan fingerprint density at radius 3 is 2.18 bits per heavy atom. The van der Waals surface area contributed by atoms with E-state index in [1.807, 2.05) is 21.1 Å². The Morgan fingerprint density at radius 2 is 1.52 bits per heavy atom. The Labute approximate surface area is 357 Å². The smallest absolute Gasteiger partial charge is 0.340 e. The number of nitrogens with zero attached hydrogens (tertiary/aromatic N) is 1. The standard InChI is InChI=1S/C43H49BrNO14P/c1-9-20-53-38(49)41(4,26-40(3,10-2)37(48)54-22-23-56-60(51,52)55-21-19-45(6,7)8)27-42(5,44)39(50)57-29-16-18-33-35(25-29)58-34-24-28(46)15-17-32(34)43(33)31-14-12-11-13-30(31)36(47)59-43/h1,11-18,24-25H,10,19-23,26-27H2,2-8H3,(H-,46,51,52). The summed E-state index contributed by atoms with van der Waals surface area (Å²) in [5.74, 6) is -0.271. The molecule has 60 heavy (non-hydrogen) atoms. The van der Waals surface area contributed by atoms with Gasteiger partial charge >= 0.3 is 23.9 Å². The number of terminal acetylenes is 1. The van der Waals surface area contributed by atoms with Crippen LogP contribution in [-0.4, -0.2) is 91.9 Å². The number of hydrogen-bond donors (Lipinski definition) is 1. The molecule has 0 amide bonds. The van der Waals surface area contributed by atoms with Crippen LogP contribution in [0.5, 0.6) is 23.0 Å². The minimum atomic E-state index is -4.66. The third kappa shape index (κ3) is 10.1. The molecule has 0 aliphatic carbocycles. The highest BCUT2D eigenvalue weighted by atomic mass is 79.9. The number of hydrogen-bond acceptors (Lipinski definition) is 14. The summed E-state index contributed by atoms with van der Waals surface area (Å²) < 4.78 is 49.8. The topological polar surface area (TPSA) is 193 Å². The number of halogens is 1. The Morgan fingerprint density at radius 1 is 0.883 bits per heavy atom. The van der Waals surface area contributed by atoms with Gasteiger partial charge in [-0.1, -0.05) is 47.0 Å². The third-order valence-electron chi connectivity index (χ3n) is 10.4. The van der Waals surface area contributed by atoms with E-state index >= 15 is 0 Å². The number of benzene rings is 3. The average Bonchev–Trinajstić information content (AvgIpc) is 3.46. The number of quaternary nitrogens is 1. The second-order valence-corrected chi connectivity index (χ2v) is 19.7. The van der Waals surface area contributed by atoms with Gasteiger partial charge in [0.2, 0.25) is 0 Å². The van der Waals surface area contributed by atoms with Crippen LogP contribution in [0.3, 0.4) is 0 Å². The van der Waals surface area contributed by atoms with Gasteiger partial charge in [-0.05, 0) is 70.4 Å². The lowest BCUT2D eigenvalue weighted by Crippen LogP contribution is -2.46. The van der Waals surface area contributed by atoms with Crippen LogP contribution in [0.15, 0.2) is 60.7 Å². The molecule has 5 atom stereocenters. The van der Waals surface area contributed by atoms with E-state index in [9.17, 15) is 33.7 Å². The SMILES string of the molecule is C#CCOC(=O)C(C)(CC(C)(Br)C(=O)Oc1ccc2c(c1)Oc1cc(O)ccc1C21OC(=O)c2ccccc21)CC(C)(CC)C(=O)OCCOP(=O)([O-])OCC[N+](C)(C)C. The summed E-state index contributed by atoms with van der Waals surface area (Å²) in [4.78, 5) is 66.6. The maximum Gasteiger partial charge on any atom is 0.340 e. The molecule has 5 unspecified atom stereocenters. The lowest BCUT2D eigenvalue weighted by atomic mass is 9.68. The van der Waals surface area contributed by atoms with E-state index in [0.717, 1.165) is 0 Å². The number of esters is 4. The minimum absolute atomic E-state index is 0.0444. The monoisotopic (exact) mass is 913 g/mol.